The van der Waals surface area contributed by atoms with E-state index >= 15 is 0 Å². The van der Waals surface area contributed by atoms with Crippen LogP contribution < -0.4 is 0 Å². The Bertz CT molecular complexity index is 140. The quantitative estimate of drug-likeness (QED) is 0.443. The van der Waals surface area contributed by atoms with Crippen molar-refractivity contribution in [1.82, 2.24) is 0 Å². The van der Waals surface area contributed by atoms with Crippen molar-refractivity contribution in [2.45, 2.75) is 26.2 Å². The Kier molecular flexibility index (Phi) is 9.24. The molecule has 0 N–H and O–H groups in total. The monoisotopic (exact) mass is 290 g/mol. The van der Waals surface area contributed by atoms with Gasteiger partial charge in [-0.3, -0.25) is 4.79 Å². The van der Waals surface area contributed by atoms with E-state index in [1.807, 2.05) is 22.6 Å². The Morgan fingerprint density at radius 1 is 1.67 bits per heavy atom. The van der Waals surface area contributed by atoms with Gasteiger partial charge in [-0.05, 0) is 19.9 Å². The summed E-state index contributed by atoms with van der Waals surface area (Å²) in [4.78, 5) is 9.69. The van der Waals surface area contributed by atoms with Crippen LogP contribution in [0.15, 0.2) is 12.7 Å². The maximum absolute atomic E-state index is 11.7. The molecule has 0 heterocycles. The normalized spacial score (nSPS) is 9.75. The van der Waals surface area contributed by atoms with Crippen LogP contribution in [-0.2, 0) is 4.79 Å². The van der Waals surface area contributed by atoms with Gasteiger partial charge < -0.3 is 0 Å². The zero-order valence-corrected chi connectivity index (χ0v) is 9.40. The van der Waals surface area contributed by atoms with Crippen molar-refractivity contribution in [3.63, 3.8) is 0 Å². The highest BCUT2D eigenvalue weighted by molar-refractivity contribution is 14.1. The summed E-state index contributed by atoms with van der Waals surface area (Å²) in [5.41, 5.74) is 0. The SMILES string of the molecule is C=CC(C)=O.CC(F)(F)CCI. The first kappa shape index (κ1) is 14.5. The van der Waals surface area contributed by atoms with Gasteiger partial charge in [0.1, 0.15) is 0 Å². The molecule has 0 aromatic carbocycles. The molecule has 0 unspecified atom stereocenters. The lowest BCUT2D eigenvalue weighted by atomic mass is 10.3. The van der Waals surface area contributed by atoms with E-state index in [0.29, 0.717) is 4.43 Å². The van der Waals surface area contributed by atoms with Gasteiger partial charge in [-0.1, -0.05) is 29.2 Å². The molecule has 0 bridgehead atoms. The van der Waals surface area contributed by atoms with Gasteiger partial charge in [0.25, 0.3) is 0 Å². The molecule has 0 atom stereocenters. The lowest BCUT2D eigenvalue weighted by Gasteiger charge is -2.04. The lowest BCUT2D eigenvalue weighted by Crippen LogP contribution is -2.08. The summed E-state index contributed by atoms with van der Waals surface area (Å²) in [6, 6.07) is 0. The van der Waals surface area contributed by atoms with Crippen molar-refractivity contribution < 1.29 is 13.6 Å². The molecule has 0 radical (unpaired) electrons. The third kappa shape index (κ3) is 22.5. The molecule has 0 aliphatic rings. The van der Waals surface area contributed by atoms with E-state index in [1.54, 1.807) is 0 Å². The van der Waals surface area contributed by atoms with Crippen molar-refractivity contribution in [3.8, 4) is 0 Å². The molecule has 12 heavy (non-hydrogen) atoms. The minimum atomic E-state index is -2.46. The summed E-state index contributed by atoms with van der Waals surface area (Å²) < 4.78 is 24.0. The van der Waals surface area contributed by atoms with Crippen molar-refractivity contribution in [1.29, 1.82) is 0 Å². The number of alkyl halides is 3. The first-order valence-electron chi connectivity index (χ1n) is 3.40. The van der Waals surface area contributed by atoms with Crippen molar-refractivity contribution in [3.05, 3.63) is 12.7 Å². The molecular formula is C8H13F2IO. The number of hydrogen-bond acceptors (Lipinski definition) is 1. The molecule has 0 amide bonds. The van der Waals surface area contributed by atoms with Crippen LogP contribution in [0.2, 0.25) is 0 Å². The van der Waals surface area contributed by atoms with E-state index in [9.17, 15) is 13.6 Å². The molecule has 0 aliphatic heterocycles. The Morgan fingerprint density at radius 3 is 2.00 bits per heavy atom. The van der Waals surface area contributed by atoms with E-state index in [0.717, 1.165) is 6.92 Å². The van der Waals surface area contributed by atoms with Gasteiger partial charge in [0.2, 0.25) is 5.92 Å². The molecule has 72 valence electrons. The lowest BCUT2D eigenvalue weighted by molar-refractivity contribution is -0.112. The van der Waals surface area contributed by atoms with Gasteiger partial charge in [0.15, 0.2) is 5.78 Å². The maximum Gasteiger partial charge on any atom is 0.246 e. The van der Waals surface area contributed by atoms with Gasteiger partial charge in [-0.15, -0.1) is 0 Å². The summed E-state index contributed by atoms with van der Waals surface area (Å²) in [6.45, 7) is 5.61. The Hall–Kier alpha value is -0.000000000000000222. The number of carbonyl (C=O) groups is 1. The number of rotatable bonds is 3. The molecule has 0 fully saturated rings. The number of carbonyl (C=O) groups excluding carboxylic acids is 1. The second-order valence-electron chi connectivity index (χ2n) is 2.32. The third-order valence-electron chi connectivity index (χ3n) is 0.821. The van der Waals surface area contributed by atoms with Crippen LogP contribution in [0.25, 0.3) is 0 Å². The van der Waals surface area contributed by atoms with Crippen LogP contribution >= 0.6 is 22.6 Å². The topological polar surface area (TPSA) is 17.1 Å². The standard InChI is InChI=1S/C4H7F2I.C4H6O/c1-4(5,6)2-3-7;1-3-4(2)5/h2-3H2,1H3;3H,1H2,2H3. The van der Waals surface area contributed by atoms with Crippen LogP contribution in [0.5, 0.6) is 0 Å². The summed E-state index contributed by atoms with van der Waals surface area (Å²) in [6.07, 6.45) is 1.27. The number of hydrogen-bond donors (Lipinski definition) is 0. The van der Waals surface area contributed by atoms with Crippen LogP contribution in [0.3, 0.4) is 0 Å². The van der Waals surface area contributed by atoms with Gasteiger partial charge >= 0.3 is 0 Å². The van der Waals surface area contributed by atoms with Crippen LogP contribution in [0, 0.1) is 0 Å². The third-order valence-corrected chi connectivity index (χ3v) is 1.36. The minimum absolute atomic E-state index is 0.00639. The molecule has 0 aromatic heterocycles. The average molecular weight is 290 g/mol. The fourth-order valence-corrected chi connectivity index (χ4v) is 1.11. The molecular weight excluding hydrogens is 277 g/mol. The van der Waals surface area contributed by atoms with Gasteiger partial charge in [-0.25, -0.2) is 8.78 Å². The molecule has 0 saturated heterocycles. The highest BCUT2D eigenvalue weighted by Gasteiger charge is 2.18. The fraction of sp³-hybridized carbons (Fsp3) is 0.625. The highest BCUT2D eigenvalue weighted by Crippen LogP contribution is 2.16. The number of ketones is 1. The zero-order chi connectivity index (χ0) is 10.2. The van der Waals surface area contributed by atoms with Crippen LogP contribution in [0.1, 0.15) is 20.3 Å². The Labute approximate surface area is 85.4 Å². The molecule has 0 spiro atoms. The van der Waals surface area contributed by atoms with E-state index in [-0.39, 0.29) is 12.2 Å². The van der Waals surface area contributed by atoms with E-state index in [1.165, 1.54) is 13.0 Å². The Balaban J connectivity index is 0. The predicted octanol–water partition coefficient (Wildman–Crippen LogP) is 3.23. The predicted molar refractivity (Wildman–Crippen MR) is 55.0 cm³/mol. The number of halogens is 3. The minimum Gasteiger partial charge on any atom is -0.295 e. The average Bonchev–Trinajstić information content (AvgIpc) is 1.86. The van der Waals surface area contributed by atoms with Gasteiger partial charge in [-0.2, -0.15) is 0 Å². The number of allylic oxidation sites excluding steroid dienone is 1. The second-order valence-corrected chi connectivity index (χ2v) is 3.40. The molecule has 0 rings (SSSR count). The summed E-state index contributed by atoms with van der Waals surface area (Å²) in [5, 5.41) is 0. The van der Waals surface area contributed by atoms with Crippen LogP contribution in [-0.4, -0.2) is 16.1 Å². The fourth-order valence-electron chi connectivity index (χ4n) is 0.166. The maximum atomic E-state index is 11.7. The summed E-state index contributed by atoms with van der Waals surface area (Å²) in [7, 11) is 0. The smallest absolute Gasteiger partial charge is 0.246 e. The largest absolute Gasteiger partial charge is 0.295 e. The van der Waals surface area contributed by atoms with Crippen LogP contribution in [0.4, 0.5) is 8.78 Å². The molecule has 4 heteroatoms. The van der Waals surface area contributed by atoms with Gasteiger partial charge in [0.05, 0.1) is 0 Å². The summed E-state index contributed by atoms with van der Waals surface area (Å²) in [5.74, 6) is -2.44. The first-order chi connectivity index (χ1) is 5.33. The van der Waals surface area contributed by atoms with Crippen molar-refractivity contribution in [2.75, 3.05) is 4.43 Å². The van der Waals surface area contributed by atoms with Gasteiger partial charge in [0, 0.05) is 10.8 Å². The van der Waals surface area contributed by atoms with Crippen molar-refractivity contribution in [2.24, 2.45) is 0 Å². The molecule has 0 aromatic rings. The molecule has 0 saturated carbocycles. The van der Waals surface area contributed by atoms with E-state index < -0.39 is 5.92 Å². The molecule has 1 nitrogen and oxygen atoms in total. The van der Waals surface area contributed by atoms with E-state index in [2.05, 4.69) is 6.58 Å². The second kappa shape index (κ2) is 7.64. The van der Waals surface area contributed by atoms with E-state index in [4.69, 9.17) is 0 Å². The Morgan fingerprint density at radius 2 is 2.00 bits per heavy atom. The highest BCUT2D eigenvalue weighted by atomic mass is 127. The molecule has 0 aliphatic carbocycles. The summed E-state index contributed by atoms with van der Waals surface area (Å²) >= 11 is 1.93. The zero-order valence-electron chi connectivity index (χ0n) is 7.24. The van der Waals surface area contributed by atoms with Crippen molar-refractivity contribution >= 4 is 28.4 Å². The first-order valence-corrected chi connectivity index (χ1v) is 4.93.